The third-order valence-electron chi connectivity index (χ3n) is 6.12. The Hall–Kier alpha value is -3.35. The summed E-state index contributed by atoms with van der Waals surface area (Å²) in [5.74, 6) is -1.48. The van der Waals surface area contributed by atoms with Crippen LogP contribution in [0.25, 0.3) is 11.1 Å². The lowest BCUT2D eigenvalue weighted by Gasteiger charge is -2.34. The summed E-state index contributed by atoms with van der Waals surface area (Å²) in [6, 6.07) is 14.4. The van der Waals surface area contributed by atoms with E-state index in [1.807, 2.05) is 36.4 Å². The maximum Gasteiger partial charge on any atom is 0.407 e. The van der Waals surface area contributed by atoms with Crippen molar-refractivity contribution >= 4 is 18.0 Å². The highest BCUT2D eigenvalue weighted by Crippen LogP contribution is 2.44. The highest BCUT2D eigenvalue weighted by atomic mass is 16.5. The number of carboxylic acids is 1. The summed E-state index contributed by atoms with van der Waals surface area (Å²) in [6.07, 6.45) is 1.27. The minimum atomic E-state index is -1.01. The molecule has 7 nitrogen and oxygen atoms in total. The standard InChI is InChI=1S/C24H26N2O5/c1-15(22(27)26-13-7-6-12-21(26)23(28)29)25-24(30)31-14-20-18-10-4-2-8-16(18)17-9-3-5-11-19(17)20/h2-5,8-11,15,20-21H,6-7,12-14H2,1H3,(H,25,30)(H,28,29)/t15?,21-/m1/s1. The molecule has 1 heterocycles. The summed E-state index contributed by atoms with van der Waals surface area (Å²) in [4.78, 5) is 38.0. The molecule has 0 bridgehead atoms. The molecule has 162 valence electrons. The Kier molecular flexibility index (Phi) is 5.93. The second-order valence-electron chi connectivity index (χ2n) is 8.07. The van der Waals surface area contributed by atoms with Gasteiger partial charge in [-0.2, -0.15) is 0 Å². The number of hydrogen-bond acceptors (Lipinski definition) is 4. The summed E-state index contributed by atoms with van der Waals surface area (Å²) in [5.41, 5.74) is 4.50. The number of alkyl carbamates (subject to hydrolysis) is 1. The van der Waals surface area contributed by atoms with Gasteiger partial charge < -0.3 is 20.1 Å². The zero-order valence-electron chi connectivity index (χ0n) is 17.4. The average Bonchev–Trinajstić information content (AvgIpc) is 3.11. The van der Waals surface area contributed by atoms with E-state index in [4.69, 9.17) is 4.74 Å². The summed E-state index contributed by atoms with van der Waals surface area (Å²) in [5, 5.41) is 11.9. The van der Waals surface area contributed by atoms with Gasteiger partial charge in [-0.25, -0.2) is 9.59 Å². The molecule has 1 aliphatic carbocycles. The van der Waals surface area contributed by atoms with E-state index in [0.717, 1.165) is 35.1 Å². The Balaban J connectivity index is 1.38. The SMILES string of the molecule is CC(NC(=O)OCC1c2ccccc2-c2ccccc21)C(=O)N1CCCC[C@@H]1C(=O)O. The van der Waals surface area contributed by atoms with Crippen LogP contribution < -0.4 is 5.32 Å². The van der Waals surface area contributed by atoms with Crippen molar-refractivity contribution in [3.8, 4) is 11.1 Å². The van der Waals surface area contributed by atoms with E-state index in [1.165, 1.54) is 4.90 Å². The molecule has 2 N–H and O–H groups in total. The van der Waals surface area contributed by atoms with Gasteiger partial charge in [0.05, 0.1) is 0 Å². The number of carbonyl (C=O) groups excluding carboxylic acids is 2. The number of aliphatic carboxylic acids is 1. The molecule has 0 radical (unpaired) electrons. The topological polar surface area (TPSA) is 95.9 Å². The van der Waals surface area contributed by atoms with Crippen molar-refractivity contribution in [3.63, 3.8) is 0 Å². The first-order chi connectivity index (χ1) is 15.0. The predicted molar refractivity (Wildman–Crippen MR) is 115 cm³/mol. The van der Waals surface area contributed by atoms with Crippen molar-refractivity contribution in [3.05, 3.63) is 59.7 Å². The average molecular weight is 422 g/mol. The Labute approximate surface area is 181 Å². The predicted octanol–water partition coefficient (Wildman–Crippen LogP) is 3.38. The maximum atomic E-state index is 12.7. The molecular formula is C24H26N2O5. The van der Waals surface area contributed by atoms with Crippen LogP contribution in [-0.4, -0.2) is 53.2 Å². The van der Waals surface area contributed by atoms with Crippen LogP contribution in [0, 0.1) is 0 Å². The fourth-order valence-electron chi connectivity index (χ4n) is 4.58. The second kappa shape index (κ2) is 8.79. The third kappa shape index (κ3) is 4.13. The van der Waals surface area contributed by atoms with E-state index in [2.05, 4.69) is 17.4 Å². The number of carbonyl (C=O) groups is 3. The van der Waals surface area contributed by atoms with Gasteiger partial charge in [0.1, 0.15) is 18.7 Å². The molecule has 2 amide bonds. The van der Waals surface area contributed by atoms with Crippen LogP contribution in [0.4, 0.5) is 4.79 Å². The van der Waals surface area contributed by atoms with E-state index in [9.17, 15) is 19.5 Å². The Morgan fingerprint density at radius 1 is 1.06 bits per heavy atom. The van der Waals surface area contributed by atoms with Crippen LogP contribution in [-0.2, 0) is 14.3 Å². The molecule has 4 rings (SSSR count). The molecule has 7 heteroatoms. The fraction of sp³-hybridized carbons (Fsp3) is 0.375. The van der Waals surface area contributed by atoms with Crippen LogP contribution in [0.5, 0.6) is 0 Å². The zero-order valence-corrected chi connectivity index (χ0v) is 17.4. The molecule has 1 fully saturated rings. The van der Waals surface area contributed by atoms with Crippen molar-refractivity contribution in [2.75, 3.05) is 13.2 Å². The molecule has 2 aromatic carbocycles. The Bertz CT molecular complexity index is 959. The van der Waals surface area contributed by atoms with Crippen molar-refractivity contribution in [2.45, 2.75) is 44.2 Å². The van der Waals surface area contributed by atoms with Gasteiger partial charge in [-0.05, 0) is 48.4 Å². The van der Waals surface area contributed by atoms with Gasteiger partial charge in [0.2, 0.25) is 5.91 Å². The van der Waals surface area contributed by atoms with E-state index >= 15 is 0 Å². The van der Waals surface area contributed by atoms with E-state index < -0.39 is 30.1 Å². The lowest BCUT2D eigenvalue weighted by molar-refractivity contribution is -0.152. The smallest absolute Gasteiger partial charge is 0.407 e. The van der Waals surface area contributed by atoms with Gasteiger partial charge >= 0.3 is 12.1 Å². The van der Waals surface area contributed by atoms with Crippen LogP contribution in [0.2, 0.25) is 0 Å². The van der Waals surface area contributed by atoms with E-state index in [-0.39, 0.29) is 12.5 Å². The molecule has 1 aliphatic heterocycles. The molecule has 0 spiro atoms. The first kappa shape index (κ1) is 20.9. The number of hydrogen-bond donors (Lipinski definition) is 2. The number of ether oxygens (including phenoxy) is 1. The highest BCUT2D eigenvalue weighted by molar-refractivity contribution is 5.89. The highest BCUT2D eigenvalue weighted by Gasteiger charge is 2.35. The first-order valence-electron chi connectivity index (χ1n) is 10.6. The van der Waals surface area contributed by atoms with Crippen molar-refractivity contribution in [1.29, 1.82) is 0 Å². The lowest BCUT2D eigenvalue weighted by atomic mass is 9.98. The molecule has 1 saturated heterocycles. The second-order valence-corrected chi connectivity index (χ2v) is 8.07. The molecule has 2 aromatic rings. The number of piperidine rings is 1. The molecule has 0 saturated carbocycles. The normalized spacial score (nSPS) is 18.6. The molecule has 1 unspecified atom stereocenters. The Morgan fingerprint density at radius 3 is 2.29 bits per heavy atom. The van der Waals surface area contributed by atoms with Crippen LogP contribution in [0.15, 0.2) is 48.5 Å². The van der Waals surface area contributed by atoms with Crippen molar-refractivity contribution in [2.24, 2.45) is 0 Å². The Morgan fingerprint density at radius 2 is 1.68 bits per heavy atom. The maximum absolute atomic E-state index is 12.7. The number of rotatable bonds is 5. The summed E-state index contributed by atoms with van der Waals surface area (Å²) >= 11 is 0. The quantitative estimate of drug-likeness (QED) is 0.770. The zero-order chi connectivity index (χ0) is 22.0. The van der Waals surface area contributed by atoms with Crippen LogP contribution >= 0.6 is 0 Å². The van der Waals surface area contributed by atoms with Crippen molar-refractivity contribution in [1.82, 2.24) is 10.2 Å². The van der Waals surface area contributed by atoms with Gasteiger partial charge in [0.25, 0.3) is 0 Å². The molecule has 31 heavy (non-hydrogen) atoms. The van der Waals surface area contributed by atoms with Gasteiger partial charge in [0, 0.05) is 12.5 Å². The van der Waals surface area contributed by atoms with Gasteiger partial charge in [0.15, 0.2) is 0 Å². The van der Waals surface area contributed by atoms with Crippen LogP contribution in [0.3, 0.4) is 0 Å². The summed E-state index contributed by atoms with van der Waals surface area (Å²) in [7, 11) is 0. The molecule has 0 aromatic heterocycles. The number of nitrogens with one attached hydrogen (secondary N) is 1. The largest absolute Gasteiger partial charge is 0.480 e. The van der Waals surface area contributed by atoms with Gasteiger partial charge in [-0.3, -0.25) is 4.79 Å². The van der Waals surface area contributed by atoms with Crippen molar-refractivity contribution < 1.29 is 24.2 Å². The number of fused-ring (bicyclic) bond motifs is 3. The minimum absolute atomic E-state index is 0.0670. The summed E-state index contributed by atoms with van der Waals surface area (Å²) in [6.45, 7) is 2.09. The number of carboxylic acid groups (broad SMARTS) is 1. The minimum Gasteiger partial charge on any atom is -0.480 e. The molecule has 2 aliphatic rings. The monoisotopic (exact) mass is 422 g/mol. The van der Waals surface area contributed by atoms with Gasteiger partial charge in [-0.15, -0.1) is 0 Å². The number of likely N-dealkylation sites (tertiary alicyclic amines) is 1. The lowest BCUT2D eigenvalue weighted by Crippen LogP contribution is -2.54. The third-order valence-corrected chi connectivity index (χ3v) is 6.12. The molecular weight excluding hydrogens is 396 g/mol. The van der Waals surface area contributed by atoms with Crippen LogP contribution in [0.1, 0.15) is 43.2 Å². The summed E-state index contributed by atoms with van der Waals surface area (Å²) < 4.78 is 5.49. The van der Waals surface area contributed by atoms with E-state index in [1.54, 1.807) is 6.92 Å². The number of amides is 2. The van der Waals surface area contributed by atoms with Gasteiger partial charge in [-0.1, -0.05) is 48.5 Å². The molecule has 2 atom stereocenters. The number of benzene rings is 2. The number of nitrogens with zero attached hydrogens (tertiary/aromatic N) is 1. The first-order valence-corrected chi connectivity index (χ1v) is 10.6. The van der Waals surface area contributed by atoms with E-state index in [0.29, 0.717) is 13.0 Å². The fourth-order valence-corrected chi connectivity index (χ4v) is 4.58.